The monoisotopic (exact) mass is 315 g/mol. The molecule has 2 atom stereocenters. The molecule has 0 amide bonds. The van der Waals surface area contributed by atoms with Gasteiger partial charge in [0.05, 0.1) is 11.0 Å². The van der Waals surface area contributed by atoms with E-state index in [4.69, 9.17) is 11.6 Å². The van der Waals surface area contributed by atoms with E-state index in [1.54, 1.807) is 4.90 Å². The third-order valence-corrected chi connectivity index (χ3v) is 3.60. The fourth-order valence-corrected chi connectivity index (χ4v) is 2.89. The second kappa shape index (κ2) is 6.08. The van der Waals surface area contributed by atoms with Crippen LogP contribution in [0.3, 0.4) is 0 Å². The molecule has 0 aliphatic carbocycles. The van der Waals surface area contributed by atoms with Gasteiger partial charge in [0.15, 0.2) is 0 Å². The number of anilines is 1. The van der Waals surface area contributed by atoms with E-state index >= 15 is 0 Å². The highest BCUT2D eigenvalue weighted by Gasteiger charge is 2.37. The van der Waals surface area contributed by atoms with E-state index < -0.39 is 11.0 Å². The average Bonchev–Trinajstić information content (AvgIpc) is 2.67. The van der Waals surface area contributed by atoms with Crippen LogP contribution < -0.4 is 4.90 Å². The zero-order valence-electron chi connectivity index (χ0n) is 12.2. The summed E-state index contributed by atoms with van der Waals surface area (Å²) >= 11 is 5.85. The number of nitrogens with zero attached hydrogens (tertiary/aromatic N) is 5. The van der Waals surface area contributed by atoms with Crippen LogP contribution in [0.5, 0.6) is 0 Å². The Hall–Kier alpha value is -1.51. The Labute approximate surface area is 127 Å². The Morgan fingerprint density at radius 1 is 1.52 bits per heavy atom. The van der Waals surface area contributed by atoms with Gasteiger partial charge in [0.1, 0.15) is 5.69 Å². The van der Waals surface area contributed by atoms with Crippen molar-refractivity contribution in [2.75, 3.05) is 32.1 Å². The molecule has 1 aliphatic heterocycles. The van der Waals surface area contributed by atoms with Crippen molar-refractivity contribution in [2.24, 2.45) is 0 Å². The van der Waals surface area contributed by atoms with Crippen LogP contribution in [-0.4, -0.2) is 64.2 Å². The standard InChI is InChI=1S/C12H18ClN5O3/c1-7-10(18(20)21)11(15-12(13)14-7)17-6-9(19)4-8(17)5-16(2)3/h8-9,19H,4-6H2,1-3H3. The minimum absolute atomic E-state index is 0.0295. The Balaban J connectivity index is 2.46. The molecular formula is C12H18ClN5O3. The van der Waals surface area contributed by atoms with Gasteiger partial charge in [-0.3, -0.25) is 10.1 Å². The van der Waals surface area contributed by atoms with Crippen molar-refractivity contribution in [2.45, 2.75) is 25.5 Å². The predicted octanol–water partition coefficient (Wildman–Crippen LogP) is 0.848. The van der Waals surface area contributed by atoms with Crippen LogP contribution in [0.1, 0.15) is 12.1 Å². The van der Waals surface area contributed by atoms with Crippen LogP contribution >= 0.6 is 11.6 Å². The van der Waals surface area contributed by atoms with Gasteiger partial charge in [0, 0.05) is 19.1 Å². The van der Waals surface area contributed by atoms with Crippen LogP contribution in [0.2, 0.25) is 5.28 Å². The number of nitro groups is 1. The lowest BCUT2D eigenvalue weighted by Gasteiger charge is -2.27. The number of hydrogen-bond donors (Lipinski definition) is 1. The Kier molecular flexibility index (Phi) is 4.60. The smallest absolute Gasteiger partial charge is 0.332 e. The summed E-state index contributed by atoms with van der Waals surface area (Å²) in [5.74, 6) is 0.181. The first-order valence-electron chi connectivity index (χ1n) is 6.57. The minimum Gasteiger partial charge on any atom is -0.391 e. The highest BCUT2D eigenvalue weighted by Crippen LogP contribution is 2.34. The van der Waals surface area contributed by atoms with E-state index in [1.165, 1.54) is 6.92 Å². The summed E-state index contributed by atoms with van der Waals surface area (Å²) in [6.45, 7) is 2.49. The van der Waals surface area contributed by atoms with Gasteiger partial charge in [-0.25, -0.2) is 4.98 Å². The Bertz CT molecular complexity index is 554. The van der Waals surface area contributed by atoms with Gasteiger partial charge in [0.2, 0.25) is 11.1 Å². The van der Waals surface area contributed by atoms with Crippen LogP contribution in [0.15, 0.2) is 0 Å². The zero-order chi connectivity index (χ0) is 15.7. The van der Waals surface area contributed by atoms with E-state index in [0.717, 1.165) is 0 Å². The molecule has 21 heavy (non-hydrogen) atoms. The predicted molar refractivity (Wildman–Crippen MR) is 78.7 cm³/mol. The number of hydrogen-bond acceptors (Lipinski definition) is 7. The summed E-state index contributed by atoms with van der Waals surface area (Å²) < 4.78 is 0. The van der Waals surface area contributed by atoms with Crippen molar-refractivity contribution in [1.29, 1.82) is 0 Å². The topological polar surface area (TPSA) is 95.6 Å². The largest absolute Gasteiger partial charge is 0.391 e. The maximum absolute atomic E-state index is 11.3. The number of aromatic nitrogens is 2. The molecule has 1 aromatic heterocycles. The van der Waals surface area contributed by atoms with Crippen molar-refractivity contribution >= 4 is 23.1 Å². The molecule has 2 rings (SSSR count). The Morgan fingerprint density at radius 3 is 2.76 bits per heavy atom. The maximum atomic E-state index is 11.3. The molecule has 0 radical (unpaired) electrons. The number of halogens is 1. The second-order valence-electron chi connectivity index (χ2n) is 5.47. The zero-order valence-corrected chi connectivity index (χ0v) is 12.9. The molecule has 0 bridgehead atoms. The van der Waals surface area contributed by atoms with Crippen molar-refractivity contribution < 1.29 is 10.0 Å². The highest BCUT2D eigenvalue weighted by molar-refractivity contribution is 6.28. The molecule has 2 heterocycles. The third kappa shape index (κ3) is 3.39. The van der Waals surface area contributed by atoms with Gasteiger partial charge >= 0.3 is 5.69 Å². The lowest BCUT2D eigenvalue weighted by molar-refractivity contribution is -0.385. The fraction of sp³-hybridized carbons (Fsp3) is 0.667. The molecule has 0 spiro atoms. The quantitative estimate of drug-likeness (QED) is 0.500. The lowest BCUT2D eigenvalue weighted by Crippen LogP contribution is -2.38. The molecule has 116 valence electrons. The average molecular weight is 316 g/mol. The van der Waals surface area contributed by atoms with E-state index in [1.807, 2.05) is 19.0 Å². The summed E-state index contributed by atoms with van der Waals surface area (Å²) in [7, 11) is 3.82. The van der Waals surface area contributed by atoms with E-state index in [-0.39, 0.29) is 28.5 Å². The molecule has 1 aromatic rings. The molecule has 9 heteroatoms. The van der Waals surface area contributed by atoms with Crippen LogP contribution in [0.25, 0.3) is 0 Å². The maximum Gasteiger partial charge on any atom is 0.332 e. The number of aliphatic hydroxyl groups is 1. The SMILES string of the molecule is Cc1nc(Cl)nc(N2CC(O)CC2CN(C)C)c1[N+](=O)[O-]. The van der Waals surface area contributed by atoms with Crippen molar-refractivity contribution in [3.63, 3.8) is 0 Å². The number of rotatable bonds is 4. The van der Waals surface area contributed by atoms with E-state index in [0.29, 0.717) is 19.5 Å². The molecule has 2 unspecified atom stereocenters. The summed E-state index contributed by atoms with van der Waals surface area (Å²) in [4.78, 5) is 22.4. The first-order valence-corrected chi connectivity index (χ1v) is 6.95. The van der Waals surface area contributed by atoms with Crippen molar-refractivity contribution in [1.82, 2.24) is 14.9 Å². The van der Waals surface area contributed by atoms with E-state index in [9.17, 15) is 15.2 Å². The minimum atomic E-state index is -0.538. The number of aryl methyl sites for hydroxylation is 1. The molecule has 1 saturated heterocycles. The Morgan fingerprint density at radius 2 is 2.19 bits per heavy atom. The summed E-state index contributed by atoms with van der Waals surface area (Å²) in [6.07, 6.45) is -0.000630. The van der Waals surface area contributed by atoms with Crippen LogP contribution in [0, 0.1) is 17.0 Å². The molecule has 0 saturated carbocycles. The summed E-state index contributed by atoms with van der Waals surface area (Å²) in [5, 5.41) is 21.2. The molecule has 0 aromatic carbocycles. The summed E-state index contributed by atoms with van der Waals surface area (Å²) in [6, 6.07) is -0.0564. The first-order chi connectivity index (χ1) is 9.79. The number of likely N-dealkylation sites (N-methyl/N-ethyl adjacent to an activating group) is 1. The lowest BCUT2D eigenvalue weighted by atomic mass is 10.2. The molecule has 1 aliphatic rings. The van der Waals surface area contributed by atoms with Gasteiger partial charge in [-0.15, -0.1) is 0 Å². The highest BCUT2D eigenvalue weighted by atomic mass is 35.5. The number of β-amino-alcohol motifs (C(OH)–C–C–N with tert-alkyl or cyclic N) is 1. The van der Waals surface area contributed by atoms with Crippen molar-refractivity contribution in [3.05, 3.63) is 21.1 Å². The molecule has 1 N–H and O–H groups in total. The van der Waals surface area contributed by atoms with Gasteiger partial charge in [-0.1, -0.05) is 0 Å². The first kappa shape index (κ1) is 15.9. The summed E-state index contributed by atoms with van der Waals surface area (Å²) in [5.41, 5.74) is 0.0669. The second-order valence-corrected chi connectivity index (χ2v) is 5.80. The fourth-order valence-electron chi connectivity index (χ4n) is 2.68. The van der Waals surface area contributed by atoms with Crippen LogP contribution in [-0.2, 0) is 0 Å². The number of aliphatic hydroxyl groups excluding tert-OH is 1. The van der Waals surface area contributed by atoms with Gasteiger partial charge in [-0.05, 0) is 39.0 Å². The normalized spacial score (nSPS) is 22.1. The molecule has 8 nitrogen and oxygen atoms in total. The third-order valence-electron chi connectivity index (χ3n) is 3.44. The molecule has 1 fully saturated rings. The van der Waals surface area contributed by atoms with Gasteiger partial charge in [-0.2, -0.15) is 4.98 Å². The van der Waals surface area contributed by atoms with Gasteiger partial charge < -0.3 is 14.9 Å². The van der Waals surface area contributed by atoms with Crippen LogP contribution in [0.4, 0.5) is 11.5 Å². The van der Waals surface area contributed by atoms with E-state index in [2.05, 4.69) is 9.97 Å². The molecular weight excluding hydrogens is 298 g/mol. The van der Waals surface area contributed by atoms with Gasteiger partial charge in [0.25, 0.3) is 0 Å². The van der Waals surface area contributed by atoms with Crippen molar-refractivity contribution in [3.8, 4) is 0 Å².